The molecule has 2 rings (SSSR count). The SMILES string of the molecule is CCC(CC)n1cnc2ccc(C)cc21. The molecule has 0 saturated heterocycles. The van der Waals surface area contributed by atoms with Crippen LogP contribution in [0.1, 0.15) is 38.3 Å². The Morgan fingerprint density at radius 2 is 2.00 bits per heavy atom. The van der Waals surface area contributed by atoms with E-state index in [2.05, 4.69) is 48.5 Å². The fourth-order valence-corrected chi connectivity index (χ4v) is 2.11. The molecule has 0 N–H and O–H groups in total. The standard InChI is InChI=1S/C13H18N2/c1-4-11(5-2)15-9-14-12-7-6-10(3)8-13(12)15/h6-9,11H,4-5H2,1-3H3. The highest BCUT2D eigenvalue weighted by atomic mass is 15.1. The summed E-state index contributed by atoms with van der Waals surface area (Å²) in [5.74, 6) is 0. The molecule has 1 aromatic heterocycles. The predicted molar refractivity (Wildman–Crippen MR) is 64.1 cm³/mol. The van der Waals surface area contributed by atoms with Gasteiger partial charge in [0.05, 0.1) is 17.4 Å². The van der Waals surface area contributed by atoms with Crippen LogP contribution in [-0.2, 0) is 0 Å². The minimum Gasteiger partial charge on any atom is -0.327 e. The van der Waals surface area contributed by atoms with Gasteiger partial charge in [-0.05, 0) is 37.5 Å². The molecule has 0 saturated carbocycles. The van der Waals surface area contributed by atoms with Crippen molar-refractivity contribution in [2.24, 2.45) is 0 Å². The minimum absolute atomic E-state index is 0.580. The number of imidazole rings is 1. The van der Waals surface area contributed by atoms with Gasteiger partial charge in [-0.25, -0.2) is 4.98 Å². The second-order valence-corrected chi connectivity index (χ2v) is 4.11. The van der Waals surface area contributed by atoms with Crippen molar-refractivity contribution < 1.29 is 0 Å². The Morgan fingerprint density at radius 3 is 2.67 bits per heavy atom. The van der Waals surface area contributed by atoms with Gasteiger partial charge in [-0.3, -0.25) is 0 Å². The second-order valence-electron chi connectivity index (χ2n) is 4.11. The zero-order valence-corrected chi connectivity index (χ0v) is 9.70. The number of benzene rings is 1. The smallest absolute Gasteiger partial charge is 0.0960 e. The summed E-state index contributed by atoms with van der Waals surface area (Å²) < 4.78 is 2.31. The van der Waals surface area contributed by atoms with Crippen molar-refractivity contribution in [2.75, 3.05) is 0 Å². The Bertz CT molecular complexity index is 453. The highest BCUT2D eigenvalue weighted by Crippen LogP contribution is 2.22. The van der Waals surface area contributed by atoms with Crippen LogP contribution in [0.25, 0.3) is 11.0 Å². The molecule has 2 aromatic rings. The number of hydrogen-bond acceptors (Lipinski definition) is 1. The fraction of sp³-hybridized carbons (Fsp3) is 0.462. The Morgan fingerprint density at radius 1 is 1.27 bits per heavy atom. The van der Waals surface area contributed by atoms with E-state index in [9.17, 15) is 0 Å². The van der Waals surface area contributed by atoms with Crippen LogP contribution in [0.3, 0.4) is 0 Å². The van der Waals surface area contributed by atoms with E-state index >= 15 is 0 Å². The first-order valence-corrected chi connectivity index (χ1v) is 5.69. The topological polar surface area (TPSA) is 17.8 Å². The van der Waals surface area contributed by atoms with E-state index in [4.69, 9.17) is 0 Å². The molecule has 0 bridgehead atoms. The summed E-state index contributed by atoms with van der Waals surface area (Å²) in [4.78, 5) is 4.44. The number of fused-ring (bicyclic) bond motifs is 1. The van der Waals surface area contributed by atoms with E-state index in [0.717, 1.165) is 18.4 Å². The van der Waals surface area contributed by atoms with Gasteiger partial charge in [0, 0.05) is 6.04 Å². The summed E-state index contributed by atoms with van der Waals surface area (Å²) in [7, 11) is 0. The van der Waals surface area contributed by atoms with Crippen LogP contribution in [0.5, 0.6) is 0 Å². The van der Waals surface area contributed by atoms with Gasteiger partial charge < -0.3 is 4.57 Å². The second kappa shape index (κ2) is 4.05. The van der Waals surface area contributed by atoms with Gasteiger partial charge in [0.2, 0.25) is 0 Å². The number of aryl methyl sites for hydroxylation is 1. The van der Waals surface area contributed by atoms with Gasteiger partial charge in [0.25, 0.3) is 0 Å². The van der Waals surface area contributed by atoms with Crippen LogP contribution in [0, 0.1) is 6.92 Å². The molecule has 0 unspecified atom stereocenters. The molecule has 0 atom stereocenters. The summed E-state index contributed by atoms with van der Waals surface area (Å²) in [5, 5.41) is 0. The molecule has 0 amide bonds. The Kier molecular flexibility index (Phi) is 2.76. The normalized spacial score (nSPS) is 11.5. The van der Waals surface area contributed by atoms with Crippen molar-refractivity contribution in [3.8, 4) is 0 Å². The Labute approximate surface area is 90.9 Å². The molecule has 1 aromatic carbocycles. The van der Waals surface area contributed by atoms with E-state index in [0.29, 0.717) is 6.04 Å². The van der Waals surface area contributed by atoms with E-state index in [1.54, 1.807) is 0 Å². The highest BCUT2D eigenvalue weighted by Gasteiger charge is 2.09. The van der Waals surface area contributed by atoms with Crippen LogP contribution < -0.4 is 0 Å². The molecule has 0 aliphatic heterocycles. The largest absolute Gasteiger partial charge is 0.327 e. The summed E-state index contributed by atoms with van der Waals surface area (Å²) in [6, 6.07) is 7.02. The van der Waals surface area contributed by atoms with Crippen molar-refractivity contribution in [3.05, 3.63) is 30.1 Å². The zero-order chi connectivity index (χ0) is 10.8. The van der Waals surface area contributed by atoms with Gasteiger partial charge in [0.1, 0.15) is 0 Å². The first-order valence-electron chi connectivity index (χ1n) is 5.69. The van der Waals surface area contributed by atoms with Crippen LogP contribution in [0.15, 0.2) is 24.5 Å². The first kappa shape index (κ1) is 10.2. The van der Waals surface area contributed by atoms with Gasteiger partial charge in [-0.1, -0.05) is 19.9 Å². The lowest BCUT2D eigenvalue weighted by molar-refractivity contribution is 0.483. The highest BCUT2D eigenvalue weighted by molar-refractivity contribution is 5.76. The molecule has 1 heterocycles. The van der Waals surface area contributed by atoms with Crippen LogP contribution in [0.2, 0.25) is 0 Å². The quantitative estimate of drug-likeness (QED) is 0.742. The van der Waals surface area contributed by atoms with Gasteiger partial charge >= 0.3 is 0 Å². The first-order chi connectivity index (χ1) is 7.26. The number of nitrogens with zero attached hydrogens (tertiary/aromatic N) is 2. The fourth-order valence-electron chi connectivity index (χ4n) is 2.11. The van der Waals surface area contributed by atoms with E-state index in [-0.39, 0.29) is 0 Å². The van der Waals surface area contributed by atoms with E-state index in [1.807, 2.05) is 6.33 Å². The van der Waals surface area contributed by atoms with Crippen LogP contribution in [-0.4, -0.2) is 9.55 Å². The summed E-state index contributed by atoms with van der Waals surface area (Å²) >= 11 is 0. The minimum atomic E-state index is 0.580. The molecule has 0 radical (unpaired) electrons. The third kappa shape index (κ3) is 1.76. The molecule has 0 spiro atoms. The average Bonchev–Trinajstić information content (AvgIpc) is 2.64. The lowest BCUT2D eigenvalue weighted by atomic mass is 10.1. The maximum atomic E-state index is 4.44. The monoisotopic (exact) mass is 202 g/mol. The maximum Gasteiger partial charge on any atom is 0.0960 e. The Hall–Kier alpha value is -1.31. The maximum absolute atomic E-state index is 4.44. The van der Waals surface area contributed by atoms with Gasteiger partial charge in [-0.2, -0.15) is 0 Å². The summed E-state index contributed by atoms with van der Waals surface area (Å²) in [5.41, 5.74) is 3.67. The van der Waals surface area contributed by atoms with E-state index < -0.39 is 0 Å². The molecule has 2 nitrogen and oxygen atoms in total. The average molecular weight is 202 g/mol. The molecular formula is C13H18N2. The number of rotatable bonds is 3. The molecule has 0 fully saturated rings. The van der Waals surface area contributed by atoms with Crippen LogP contribution >= 0.6 is 0 Å². The van der Waals surface area contributed by atoms with E-state index in [1.165, 1.54) is 11.1 Å². The molecule has 2 heteroatoms. The lowest BCUT2D eigenvalue weighted by Crippen LogP contribution is -2.05. The molecular weight excluding hydrogens is 184 g/mol. The third-order valence-corrected chi connectivity index (χ3v) is 3.07. The van der Waals surface area contributed by atoms with Gasteiger partial charge in [0.15, 0.2) is 0 Å². The summed E-state index contributed by atoms with van der Waals surface area (Å²) in [6.07, 6.45) is 4.30. The van der Waals surface area contributed by atoms with Crippen molar-refractivity contribution in [1.29, 1.82) is 0 Å². The number of hydrogen-bond donors (Lipinski definition) is 0. The molecule has 0 aliphatic rings. The van der Waals surface area contributed by atoms with Gasteiger partial charge in [-0.15, -0.1) is 0 Å². The predicted octanol–water partition coefficient (Wildman–Crippen LogP) is 3.71. The molecule has 0 aliphatic carbocycles. The Balaban J connectivity index is 2.55. The van der Waals surface area contributed by atoms with Crippen molar-refractivity contribution in [1.82, 2.24) is 9.55 Å². The number of aromatic nitrogens is 2. The molecule has 15 heavy (non-hydrogen) atoms. The van der Waals surface area contributed by atoms with Crippen LogP contribution in [0.4, 0.5) is 0 Å². The van der Waals surface area contributed by atoms with Crippen molar-refractivity contribution in [3.63, 3.8) is 0 Å². The summed E-state index contributed by atoms with van der Waals surface area (Å²) in [6.45, 7) is 6.59. The third-order valence-electron chi connectivity index (χ3n) is 3.07. The van der Waals surface area contributed by atoms with Crippen molar-refractivity contribution in [2.45, 2.75) is 39.7 Å². The zero-order valence-electron chi connectivity index (χ0n) is 9.70. The lowest BCUT2D eigenvalue weighted by Gasteiger charge is -2.15. The van der Waals surface area contributed by atoms with Crippen molar-refractivity contribution >= 4 is 11.0 Å². The molecule has 80 valence electrons.